The fourth-order valence-corrected chi connectivity index (χ4v) is 1.86. The summed E-state index contributed by atoms with van der Waals surface area (Å²) in [5, 5.41) is 2.91. The number of alkyl halides is 3. The number of aryl methyl sites for hydroxylation is 1. The topological polar surface area (TPSA) is 50.4 Å². The van der Waals surface area contributed by atoms with Crippen molar-refractivity contribution in [3.05, 3.63) is 65.2 Å². The molecule has 0 heterocycles. The minimum absolute atomic E-state index is 0. The molecule has 0 radical (unpaired) electrons. The van der Waals surface area contributed by atoms with E-state index in [9.17, 15) is 13.2 Å². The molecule has 132 valence electrons. The SMILES string of the molecule is Cc1ccc(NC(N)=NCC#Cc2cccc(C(F)(F)F)c2)cc1.I. The molecule has 0 saturated heterocycles. The highest BCUT2D eigenvalue weighted by atomic mass is 127. The van der Waals surface area contributed by atoms with Gasteiger partial charge >= 0.3 is 6.18 Å². The van der Waals surface area contributed by atoms with Crippen molar-refractivity contribution in [1.82, 2.24) is 0 Å². The van der Waals surface area contributed by atoms with E-state index in [1.807, 2.05) is 31.2 Å². The molecule has 0 bridgehead atoms. The monoisotopic (exact) mass is 459 g/mol. The molecule has 2 aromatic rings. The smallest absolute Gasteiger partial charge is 0.370 e. The summed E-state index contributed by atoms with van der Waals surface area (Å²) in [6, 6.07) is 12.4. The van der Waals surface area contributed by atoms with Gasteiger partial charge in [-0.3, -0.25) is 0 Å². The van der Waals surface area contributed by atoms with Gasteiger partial charge in [0.15, 0.2) is 5.96 Å². The molecule has 7 heteroatoms. The van der Waals surface area contributed by atoms with Crippen molar-refractivity contribution in [1.29, 1.82) is 0 Å². The van der Waals surface area contributed by atoms with Gasteiger partial charge in [0.1, 0.15) is 6.54 Å². The highest BCUT2D eigenvalue weighted by Crippen LogP contribution is 2.29. The minimum Gasteiger partial charge on any atom is -0.370 e. The van der Waals surface area contributed by atoms with Crippen LogP contribution in [0.4, 0.5) is 18.9 Å². The Morgan fingerprint density at radius 2 is 1.84 bits per heavy atom. The van der Waals surface area contributed by atoms with Crippen molar-refractivity contribution in [3.8, 4) is 11.8 Å². The van der Waals surface area contributed by atoms with E-state index in [0.717, 1.165) is 23.4 Å². The number of anilines is 1. The van der Waals surface area contributed by atoms with Crippen LogP contribution in [0.15, 0.2) is 53.5 Å². The lowest BCUT2D eigenvalue weighted by Crippen LogP contribution is -2.22. The molecule has 0 fully saturated rings. The molecule has 0 aliphatic rings. The molecule has 0 atom stereocenters. The normalized spacial score (nSPS) is 11.1. The number of hydrogen-bond acceptors (Lipinski definition) is 1. The van der Waals surface area contributed by atoms with Crippen LogP contribution in [0, 0.1) is 18.8 Å². The molecule has 0 aromatic heterocycles. The van der Waals surface area contributed by atoms with Gasteiger partial charge in [-0.1, -0.05) is 35.6 Å². The average molecular weight is 459 g/mol. The third-order valence-corrected chi connectivity index (χ3v) is 3.08. The summed E-state index contributed by atoms with van der Waals surface area (Å²) < 4.78 is 37.8. The van der Waals surface area contributed by atoms with Crippen LogP contribution in [-0.4, -0.2) is 12.5 Å². The number of benzene rings is 2. The molecule has 2 rings (SSSR count). The third kappa shape index (κ3) is 7.05. The van der Waals surface area contributed by atoms with E-state index >= 15 is 0 Å². The number of rotatable bonds is 2. The van der Waals surface area contributed by atoms with Crippen molar-refractivity contribution in [2.45, 2.75) is 13.1 Å². The van der Waals surface area contributed by atoms with Crippen LogP contribution < -0.4 is 11.1 Å². The lowest BCUT2D eigenvalue weighted by molar-refractivity contribution is -0.137. The maximum absolute atomic E-state index is 12.6. The van der Waals surface area contributed by atoms with E-state index in [4.69, 9.17) is 5.73 Å². The van der Waals surface area contributed by atoms with E-state index in [1.54, 1.807) is 0 Å². The van der Waals surface area contributed by atoms with Crippen LogP contribution in [0.1, 0.15) is 16.7 Å². The zero-order valence-electron chi connectivity index (χ0n) is 13.4. The quantitative estimate of drug-likeness (QED) is 0.303. The second-order valence-electron chi connectivity index (χ2n) is 5.07. The average Bonchev–Trinajstić information content (AvgIpc) is 2.53. The first-order valence-corrected chi connectivity index (χ1v) is 7.14. The standard InChI is InChI=1S/C18H16F3N3.HI/c1-13-7-9-16(10-8-13)24-17(22)23-11-3-5-14-4-2-6-15(12-14)18(19,20)21;/h2,4,6-10,12H,11H2,1H3,(H3,22,23,24);1H. The lowest BCUT2D eigenvalue weighted by Gasteiger charge is -2.05. The molecule has 0 saturated carbocycles. The predicted molar refractivity (Wildman–Crippen MR) is 105 cm³/mol. The molecule has 0 aliphatic carbocycles. The Balaban J connectivity index is 0.00000312. The Hall–Kier alpha value is -2.21. The molecule has 3 nitrogen and oxygen atoms in total. The van der Waals surface area contributed by atoms with Crippen LogP contribution >= 0.6 is 24.0 Å². The third-order valence-electron chi connectivity index (χ3n) is 3.08. The maximum atomic E-state index is 12.6. The zero-order chi connectivity index (χ0) is 17.6. The Kier molecular flexibility index (Phi) is 7.77. The fourth-order valence-electron chi connectivity index (χ4n) is 1.86. The zero-order valence-corrected chi connectivity index (χ0v) is 15.7. The van der Waals surface area contributed by atoms with E-state index in [0.29, 0.717) is 0 Å². The van der Waals surface area contributed by atoms with Crippen molar-refractivity contribution in [3.63, 3.8) is 0 Å². The lowest BCUT2D eigenvalue weighted by atomic mass is 10.1. The van der Waals surface area contributed by atoms with E-state index in [-0.39, 0.29) is 42.0 Å². The number of guanidine groups is 1. The molecule has 2 aromatic carbocycles. The number of nitrogens with zero attached hydrogens (tertiary/aromatic N) is 1. The van der Waals surface area contributed by atoms with Crippen LogP contribution in [0.5, 0.6) is 0 Å². The van der Waals surface area contributed by atoms with Crippen LogP contribution in [0.2, 0.25) is 0 Å². The number of nitrogens with two attached hydrogens (primary N) is 1. The molecule has 0 aliphatic heterocycles. The highest BCUT2D eigenvalue weighted by Gasteiger charge is 2.30. The molecule has 0 amide bonds. The summed E-state index contributed by atoms with van der Waals surface area (Å²) in [5.41, 5.74) is 7.21. The number of hydrogen-bond donors (Lipinski definition) is 2. The summed E-state index contributed by atoms with van der Waals surface area (Å²) in [6.45, 7) is 2.06. The Morgan fingerprint density at radius 3 is 2.48 bits per heavy atom. The van der Waals surface area contributed by atoms with Crippen LogP contribution in [0.3, 0.4) is 0 Å². The minimum atomic E-state index is -4.38. The second-order valence-corrected chi connectivity index (χ2v) is 5.07. The van der Waals surface area contributed by atoms with E-state index in [1.165, 1.54) is 12.1 Å². The highest BCUT2D eigenvalue weighted by molar-refractivity contribution is 14.0. The Labute approximate surface area is 161 Å². The summed E-state index contributed by atoms with van der Waals surface area (Å²) in [7, 11) is 0. The van der Waals surface area contributed by atoms with Gasteiger partial charge in [0.05, 0.1) is 5.56 Å². The number of nitrogens with one attached hydrogen (secondary N) is 1. The van der Waals surface area contributed by atoms with E-state index < -0.39 is 11.7 Å². The van der Waals surface area contributed by atoms with Crippen LogP contribution in [0.25, 0.3) is 0 Å². The van der Waals surface area contributed by atoms with Crippen molar-refractivity contribution in [2.75, 3.05) is 11.9 Å². The first-order chi connectivity index (χ1) is 11.3. The van der Waals surface area contributed by atoms with Gasteiger partial charge in [-0.2, -0.15) is 13.2 Å². The van der Waals surface area contributed by atoms with Gasteiger partial charge < -0.3 is 11.1 Å². The van der Waals surface area contributed by atoms with Crippen molar-refractivity contribution >= 4 is 35.6 Å². The van der Waals surface area contributed by atoms with Gasteiger partial charge in [0, 0.05) is 11.3 Å². The van der Waals surface area contributed by atoms with Crippen LogP contribution in [-0.2, 0) is 6.18 Å². The van der Waals surface area contributed by atoms with Gasteiger partial charge in [-0.25, -0.2) is 4.99 Å². The molecule has 0 unspecified atom stereocenters. The predicted octanol–water partition coefficient (Wildman–Crippen LogP) is 4.41. The maximum Gasteiger partial charge on any atom is 0.416 e. The molecule has 25 heavy (non-hydrogen) atoms. The summed E-state index contributed by atoms with van der Waals surface area (Å²) in [6.07, 6.45) is -4.38. The van der Waals surface area contributed by atoms with E-state index in [2.05, 4.69) is 22.2 Å². The summed E-state index contributed by atoms with van der Waals surface area (Å²) >= 11 is 0. The summed E-state index contributed by atoms with van der Waals surface area (Å²) in [5.74, 6) is 5.52. The Morgan fingerprint density at radius 1 is 1.16 bits per heavy atom. The number of halogens is 4. The van der Waals surface area contributed by atoms with Crippen molar-refractivity contribution < 1.29 is 13.2 Å². The molecular formula is C18H17F3IN3. The Bertz CT molecular complexity index is 788. The van der Waals surface area contributed by atoms with Gasteiger partial charge in [-0.15, -0.1) is 24.0 Å². The first-order valence-electron chi connectivity index (χ1n) is 7.14. The molecular weight excluding hydrogens is 442 g/mol. The first kappa shape index (κ1) is 20.8. The summed E-state index contributed by atoms with van der Waals surface area (Å²) in [4.78, 5) is 4.02. The van der Waals surface area contributed by atoms with Gasteiger partial charge in [0.25, 0.3) is 0 Å². The molecule has 3 N–H and O–H groups in total. The molecule has 0 spiro atoms. The largest absolute Gasteiger partial charge is 0.416 e. The van der Waals surface area contributed by atoms with Gasteiger partial charge in [-0.05, 0) is 37.3 Å². The number of aliphatic imine (C=N–C) groups is 1. The van der Waals surface area contributed by atoms with Crippen molar-refractivity contribution in [2.24, 2.45) is 10.7 Å². The van der Waals surface area contributed by atoms with Gasteiger partial charge in [0.2, 0.25) is 0 Å². The second kappa shape index (κ2) is 9.32. The fraction of sp³-hybridized carbons (Fsp3) is 0.167.